The number of fused-ring (bicyclic) bond motifs is 1. The van der Waals surface area contributed by atoms with Gasteiger partial charge in [-0.25, -0.2) is 14.4 Å². The van der Waals surface area contributed by atoms with E-state index in [-0.39, 0.29) is 28.9 Å². The summed E-state index contributed by atoms with van der Waals surface area (Å²) in [6.45, 7) is 7.37. The number of benzene rings is 2. The van der Waals surface area contributed by atoms with Gasteiger partial charge in [0.15, 0.2) is 0 Å². The standard InChI is InChI=1S/C29H32F4N8O/c1-4-41-17-25-27(38-41)37-26(15-34-25)35-18(2)22-14-21(7-8-24(22)30)36-28(42)19-5-6-20(23(13-19)29(31,32)33)16-40-11-9-39(3)10-12-40/h5-8,13-15,17-18H,4,9-12,16H2,1-3H3,(H,36,42)(H,35,37,38)/t18-/m0/s1. The fraction of sp³-hybridized carbons (Fsp3) is 0.379. The first-order chi connectivity index (χ1) is 20.0. The molecule has 5 rings (SSSR count). The molecule has 0 aliphatic carbocycles. The van der Waals surface area contributed by atoms with Gasteiger partial charge >= 0.3 is 6.18 Å². The molecule has 13 heteroatoms. The molecule has 0 radical (unpaired) electrons. The highest BCUT2D eigenvalue weighted by molar-refractivity contribution is 6.04. The van der Waals surface area contributed by atoms with E-state index in [2.05, 4.69) is 30.6 Å². The Balaban J connectivity index is 1.31. The average molecular weight is 585 g/mol. The number of carbonyl (C=O) groups is 1. The van der Waals surface area contributed by atoms with Gasteiger partial charge in [-0.05, 0) is 56.8 Å². The molecule has 1 saturated heterocycles. The number of carbonyl (C=O) groups excluding carboxylic acids is 1. The molecule has 222 valence electrons. The summed E-state index contributed by atoms with van der Waals surface area (Å²) in [5, 5.41) is 10.0. The Morgan fingerprint density at radius 3 is 2.57 bits per heavy atom. The molecule has 3 heterocycles. The van der Waals surface area contributed by atoms with Crippen molar-refractivity contribution < 1.29 is 22.4 Å². The van der Waals surface area contributed by atoms with Gasteiger partial charge in [0, 0.05) is 56.1 Å². The van der Waals surface area contributed by atoms with Crippen LogP contribution in [-0.4, -0.2) is 68.7 Å². The summed E-state index contributed by atoms with van der Waals surface area (Å²) >= 11 is 0. The highest BCUT2D eigenvalue weighted by Crippen LogP contribution is 2.34. The van der Waals surface area contributed by atoms with Crippen LogP contribution < -0.4 is 10.6 Å². The minimum Gasteiger partial charge on any atom is -0.362 e. The van der Waals surface area contributed by atoms with E-state index in [1.165, 1.54) is 36.5 Å². The molecule has 42 heavy (non-hydrogen) atoms. The molecule has 0 unspecified atom stereocenters. The van der Waals surface area contributed by atoms with E-state index in [0.29, 0.717) is 36.6 Å². The topological polar surface area (TPSA) is 91.2 Å². The monoisotopic (exact) mass is 584 g/mol. The number of nitrogens with zero attached hydrogens (tertiary/aromatic N) is 6. The van der Waals surface area contributed by atoms with E-state index in [1.807, 2.05) is 18.9 Å². The largest absolute Gasteiger partial charge is 0.416 e. The van der Waals surface area contributed by atoms with Crippen LogP contribution >= 0.6 is 0 Å². The highest BCUT2D eigenvalue weighted by Gasteiger charge is 2.34. The van der Waals surface area contributed by atoms with Gasteiger partial charge in [0.25, 0.3) is 5.91 Å². The molecular formula is C29H32F4N8O. The van der Waals surface area contributed by atoms with Crippen LogP contribution in [0.25, 0.3) is 11.2 Å². The SMILES string of the molecule is CCn1cc2ncc(N[C@@H](C)c3cc(NC(=O)c4ccc(CN5CCN(C)CC5)c(C(F)(F)F)c4)ccc3F)nc2n1. The first-order valence-electron chi connectivity index (χ1n) is 13.7. The van der Waals surface area contributed by atoms with Crippen molar-refractivity contribution in [3.05, 3.63) is 76.9 Å². The number of halogens is 4. The zero-order valence-corrected chi connectivity index (χ0v) is 23.5. The summed E-state index contributed by atoms with van der Waals surface area (Å²) in [5.74, 6) is -0.862. The number of likely N-dealkylation sites (N-methyl/N-ethyl adjacent to an activating group) is 1. The average Bonchev–Trinajstić information content (AvgIpc) is 3.37. The first kappa shape index (κ1) is 29.4. The molecule has 2 N–H and O–H groups in total. The van der Waals surface area contributed by atoms with E-state index >= 15 is 0 Å². The number of rotatable bonds is 8. The number of hydrogen-bond acceptors (Lipinski definition) is 7. The van der Waals surface area contributed by atoms with Crippen molar-refractivity contribution in [1.82, 2.24) is 29.5 Å². The molecule has 0 saturated carbocycles. The number of aryl methyl sites for hydroxylation is 1. The summed E-state index contributed by atoms with van der Waals surface area (Å²) in [5.41, 5.74) is 0.686. The van der Waals surface area contributed by atoms with Gasteiger partial charge in [-0.2, -0.15) is 18.3 Å². The smallest absolute Gasteiger partial charge is 0.362 e. The van der Waals surface area contributed by atoms with Crippen molar-refractivity contribution >= 4 is 28.6 Å². The van der Waals surface area contributed by atoms with E-state index in [9.17, 15) is 22.4 Å². The van der Waals surface area contributed by atoms with Gasteiger partial charge in [-0.3, -0.25) is 14.4 Å². The lowest BCUT2D eigenvalue weighted by atomic mass is 10.0. The fourth-order valence-electron chi connectivity index (χ4n) is 4.90. The molecule has 1 aliphatic heterocycles. The molecular weight excluding hydrogens is 552 g/mol. The van der Waals surface area contributed by atoms with Gasteiger partial charge in [-0.1, -0.05) is 6.07 Å². The maximum atomic E-state index is 14.8. The zero-order valence-electron chi connectivity index (χ0n) is 23.5. The molecule has 1 amide bonds. The lowest BCUT2D eigenvalue weighted by Crippen LogP contribution is -2.44. The molecule has 2 aromatic carbocycles. The van der Waals surface area contributed by atoms with Crippen LogP contribution in [-0.2, 0) is 19.3 Å². The maximum Gasteiger partial charge on any atom is 0.416 e. The number of aromatic nitrogens is 4. The number of alkyl halides is 3. The van der Waals surface area contributed by atoms with Crippen molar-refractivity contribution in [2.45, 2.75) is 39.2 Å². The second-order valence-corrected chi connectivity index (χ2v) is 10.5. The number of anilines is 2. The maximum absolute atomic E-state index is 14.8. The van der Waals surface area contributed by atoms with Crippen LogP contribution in [0, 0.1) is 5.82 Å². The summed E-state index contributed by atoms with van der Waals surface area (Å²) in [6, 6.07) is 7.05. The van der Waals surface area contributed by atoms with Gasteiger partial charge in [-0.15, -0.1) is 0 Å². The van der Waals surface area contributed by atoms with Crippen LogP contribution in [0.5, 0.6) is 0 Å². The normalized spacial score (nSPS) is 15.6. The molecule has 2 aromatic heterocycles. The Labute approximate surface area is 240 Å². The van der Waals surface area contributed by atoms with E-state index in [4.69, 9.17) is 0 Å². The van der Waals surface area contributed by atoms with Crippen molar-refractivity contribution in [2.24, 2.45) is 0 Å². The molecule has 4 aromatic rings. The van der Waals surface area contributed by atoms with Crippen molar-refractivity contribution in [3.63, 3.8) is 0 Å². The number of piperazine rings is 1. The second kappa shape index (κ2) is 12.0. The van der Waals surface area contributed by atoms with Gasteiger partial charge in [0.1, 0.15) is 17.2 Å². The minimum atomic E-state index is -4.62. The van der Waals surface area contributed by atoms with Crippen molar-refractivity contribution in [3.8, 4) is 0 Å². The Bertz CT molecular complexity index is 1580. The van der Waals surface area contributed by atoms with Gasteiger partial charge in [0.2, 0.25) is 5.65 Å². The first-order valence-corrected chi connectivity index (χ1v) is 13.7. The quantitative estimate of drug-likeness (QED) is 0.276. The highest BCUT2D eigenvalue weighted by atomic mass is 19.4. The van der Waals surface area contributed by atoms with Crippen LogP contribution in [0.1, 0.15) is 46.9 Å². The van der Waals surface area contributed by atoms with Crippen LogP contribution in [0.15, 0.2) is 48.8 Å². The molecule has 1 atom stereocenters. The fourth-order valence-corrected chi connectivity index (χ4v) is 4.90. The third-order valence-corrected chi connectivity index (χ3v) is 7.35. The summed E-state index contributed by atoms with van der Waals surface area (Å²) in [4.78, 5) is 25.9. The van der Waals surface area contributed by atoms with Crippen LogP contribution in [0.2, 0.25) is 0 Å². The third kappa shape index (κ3) is 6.68. The number of nitrogens with one attached hydrogen (secondary N) is 2. The summed E-state index contributed by atoms with van der Waals surface area (Å²) < 4.78 is 58.5. The Kier molecular flexibility index (Phi) is 8.41. The zero-order chi connectivity index (χ0) is 30.0. The predicted octanol–water partition coefficient (Wildman–Crippen LogP) is 5.18. The second-order valence-electron chi connectivity index (χ2n) is 10.5. The minimum absolute atomic E-state index is 0.121. The number of amides is 1. The molecule has 1 aliphatic rings. The Morgan fingerprint density at radius 2 is 1.86 bits per heavy atom. The predicted molar refractivity (Wildman–Crippen MR) is 152 cm³/mol. The van der Waals surface area contributed by atoms with Crippen molar-refractivity contribution in [2.75, 3.05) is 43.9 Å². The molecule has 1 fully saturated rings. The van der Waals surface area contributed by atoms with E-state index < -0.39 is 29.5 Å². The molecule has 0 bridgehead atoms. The summed E-state index contributed by atoms with van der Waals surface area (Å²) in [6.07, 6.45) is -1.32. The Hall–Kier alpha value is -4.10. The Morgan fingerprint density at radius 1 is 1.10 bits per heavy atom. The van der Waals surface area contributed by atoms with E-state index in [0.717, 1.165) is 19.2 Å². The summed E-state index contributed by atoms with van der Waals surface area (Å²) in [7, 11) is 1.98. The van der Waals surface area contributed by atoms with Crippen molar-refractivity contribution in [1.29, 1.82) is 0 Å². The lowest BCUT2D eigenvalue weighted by Gasteiger charge is -2.33. The van der Waals surface area contributed by atoms with Gasteiger partial charge < -0.3 is 15.5 Å². The molecule has 9 nitrogen and oxygen atoms in total. The molecule has 0 spiro atoms. The van der Waals surface area contributed by atoms with Gasteiger partial charge in [0.05, 0.1) is 24.0 Å². The number of hydrogen-bond donors (Lipinski definition) is 2. The van der Waals surface area contributed by atoms with Crippen LogP contribution in [0.4, 0.5) is 29.1 Å². The van der Waals surface area contributed by atoms with Crippen LogP contribution in [0.3, 0.4) is 0 Å². The lowest BCUT2D eigenvalue weighted by molar-refractivity contribution is -0.138. The third-order valence-electron chi connectivity index (χ3n) is 7.35. The van der Waals surface area contributed by atoms with E-state index in [1.54, 1.807) is 17.8 Å².